The molecular formula is C64H66N4O10. The van der Waals surface area contributed by atoms with Crippen LogP contribution in [0.15, 0.2) is 188 Å². The van der Waals surface area contributed by atoms with Crippen LogP contribution in [0.2, 0.25) is 0 Å². The second kappa shape index (κ2) is 25.0. The number of hydrogen-bond donors (Lipinski definition) is 1. The first-order valence-electron chi connectivity index (χ1n) is 26.2. The lowest BCUT2D eigenvalue weighted by molar-refractivity contribution is -0.242. The molecule has 1 aromatic heterocycles. The Morgan fingerprint density at radius 1 is 0.538 bits per heavy atom. The molecule has 0 bridgehead atoms. The van der Waals surface area contributed by atoms with Gasteiger partial charge in [-0.1, -0.05) is 182 Å². The summed E-state index contributed by atoms with van der Waals surface area (Å²) in [5.74, 6) is -1.25. The van der Waals surface area contributed by atoms with Gasteiger partial charge < -0.3 is 47.6 Å². The van der Waals surface area contributed by atoms with Crippen LogP contribution in [0.1, 0.15) is 74.9 Å². The molecule has 0 aliphatic carbocycles. The number of rotatable bonds is 25. The summed E-state index contributed by atoms with van der Waals surface area (Å²) in [5.41, 5.74) is -0.945. The summed E-state index contributed by atoms with van der Waals surface area (Å²) in [6.45, 7) is 0.276. The summed E-state index contributed by atoms with van der Waals surface area (Å²) in [4.78, 5) is 18.2. The van der Waals surface area contributed by atoms with E-state index in [1.165, 1.54) is 20.4 Å². The highest BCUT2D eigenvalue weighted by Crippen LogP contribution is 2.56. The van der Waals surface area contributed by atoms with Gasteiger partial charge in [0.05, 0.1) is 38.2 Å². The molecule has 0 spiro atoms. The van der Waals surface area contributed by atoms with E-state index in [1.54, 1.807) is 18.8 Å². The number of aromatic carboxylic acids is 1. The molecule has 0 unspecified atom stereocenters. The predicted octanol–water partition coefficient (Wildman–Crippen LogP) is 10.4. The maximum Gasteiger partial charge on any atom is 0.356 e. The summed E-state index contributed by atoms with van der Waals surface area (Å²) in [6, 6.07) is 64.1. The molecule has 2 saturated heterocycles. The number of ether oxygens (including phenoxy) is 8. The number of nitrogens with zero attached hydrogens (tertiary/aromatic N) is 4. The standard InChI is InChI=1S/C64H66N4O10/c1-71-53-54(77-63(35-37-65,56(53)73-3)61(39-46-23-11-5-12-24-46,40-47-25-13-6-14-26-47)75-44-50-31-19-9-20-32-50)58-67-52(60(69)70)43-68(58)59-55(72-2)57(74-4)64(78-59,36-38-66)62(41-48-27-15-7-16-28-48,42-49-29-17-8-18-30-49)76-45-51-33-21-10-22-34-51/h5-34,43,53-57,59H,35-36,39-42,44-45H2,1-4H3,(H,69,70)/t53-,54-,55+,56+,57+,59-,63+,64+/m1/s1. The van der Waals surface area contributed by atoms with Crippen molar-refractivity contribution < 1.29 is 47.8 Å². The maximum atomic E-state index is 13.4. The van der Waals surface area contributed by atoms with Gasteiger partial charge in [-0.05, 0) is 33.4 Å². The lowest BCUT2D eigenvalue weighted by Crippen LogP contribution is -2.65. The van der Waals surface area contributed by atoms with Crippen LogP contribution in [0.5, 0.6) is 0 Å². The van der Waals surface area contributed by atoms with E-state index in [4.69, 9.17) is 42.9 Å². The molecule has 2 aliphatic rings. The number of benzene rings is 6. The van der Waals surface area contributed by atoms with Crippen molar-refractivity contribution in [2.75, 3.05) is 28.4 Å². The van der Waals surface area contributed by atoms with E-state index in [2.05, 4.69) is 12.1 Å². The van der Waals surface area contributed by atoms with E-state index in [-0.39, 0.29) is 63.3 Å². The van der Waals surface area contributed by atoms with E-state index in [0.29, 0.717) is 0 Å². The molecule has 3 heterocycles. The number of methoxy groups -OCH3 is 4. The SMILES string of the molecule is CO[C@@H]1[C@H](n2cc(C(=O)O)nc2[C@@H]2O[C@](CC#N)(C(Cc3ccccc3)(Cc3ccccc3)OCc3ccccc3)[C@@H](OC)[C@@H]2OC)O[C@](CC#N)(C(Cc2ccccc2)(Cc2ccccc2)OCc2ccccc2)[C@H]1OC. The molecule has 6 aromatic carbocycles. The number of carbonyl (C=O) groups is 1. The number of nitriles is 2. The van der Waals surface area contributed by atoms with Gasteiger partial charge in [0.2, 0.25) is 0 Å². The van der Waals surface area contributed by atoms with E-state index >= 15 is 0 Å². The Morgan fingerprint density at radius 3 is 1.22 bits per heavy atom. The average molecular weight is 1050 g/mol. The molecule has 9 rings (SSSR count). The lowest BCUT2D eigenvalue weighted by Gasteiger charge is -2.50. The van der Waals surface area contributed by atoms with E-state index in [9.17, 15) is 20.4 Å². The minimum absolute atomic E-state index is 0.0779. The van der Waals surface area contributed by atoms with Crippen molar-refractivity contribution in [1.29, 1.82) is 10.5 Å². The summed E-state index contributed by atoms with van der Waals surface area (Å²) >= 11 is 0. The molecule has 14 heteroatoms. The smallest absolute Gasteiger partial charge is 0.356 e. The van der Waals surface area contributed by atoms with Gasteiger partial charge >= 0.3 is 5.97 Å². The molecule has 14 nitrogen and oxygen atoms in total. The van der Waals surface area contributed by atoms with Crippen molar-refractivity contribution in [3.05, 3.63) is 233 Å². The molecule has 7 aromatic rings. The van der Waals surface area contributed by atoms with Gasteiger partial charge in [0.25, 0.3) is 0 Å². The fourth-order valence-electron chi connectivity index (χ4n) is 12.1. The van der Waals surface area contributed by atoms with Gasteiger partial charge in [0.15, 0.2) is 11.9 Å². The maximum absolute atomic E-state index is 13.4. The molecule has 0 amide bonds. The fraction of sp³-hybridized carbons (Fsp3) is 0.344. The molecule has 402 valence electrons. The Labute approximate surface area is 456 Å². The minimum atomic E-state index is -1.65. The molecule has 0 radical (unpaired) electrons. The summed E-state index contributed by atoms with van der Waals surface area (Å²) < 4.78 is 57.9. The molecule has 1 N–H and O–H groups in total. The largest absolute Gasteiger partial charge is 0.476 e. The quantitative estimate of drug-likeness (QED) is 0.0573. The van der Waals surface area contributed by atoms with Crippen LogP contribution in [0.3, 0.4) is 0 Å². The zero-order valence-electron chi connectivity index (χ0n) is 44.4. The first kappa shape index (κ1) is 55.4. The van der Waals surface area contributed by atoms with Crippen molar-refractivity contribution in [1.82, 2.24) is 9.55 Å². The highest BCUT2D eigenvalue weighted by atomic mass is 16.6. The van der Waals surface area contributed by atoms with Crippen LogP contribution in [0.25, 0.3) is 0 Å². The first-order chi connectivity index (χ1) is 38.1. The first-order valence-corrected chi connectivity index (χ1v) is 26.2. The van der Waals surface area contributed by atoms with Crippen LogP contribution in [-0.2, 0) is 76.8 Å². The van der Waals surface area contributed by atoms with Gasteiger partial charge in [0.1, 0.15) is 58.7 Å². The van der Waals surface area contributed by atoms with Crippen LogP contribution in [-0.4, -0.2) is 95.9 Å². The second-order valence-corrected chi connectivity index (χ2v) is 20.1. The normalized spacial score (nSPS) is 23.2. The third-order valence-corrected chi connectivity index (χ3v) is 15.6. The molecule has 8 atom stereocenters. The van der Waals surface area contributed by atoms with Gasteiger partial charge in [-0.25, -0.2) is 9.78 Å². The Balaban J connectivity index is 1.24. The Hall–Kier alpha value is -7.34. The Morgan fingerprint density at radius 2 is 0.885 bits per heavy atom. The van der Waals surface area contributed by atoms with Gasteiger partial charge in [-0.15, -0.1) is 0 Å². The highest BCUT2D eigenvalue weighted by Gasteiger charge is 2.70. The van der Waals surface area contributed by atoms with Gasteiger partial charge in [-0.2, -0.15) is 10.5 Å². The van der Waals surface area contributed by atoms with Crippen molar-refractivity contribution in [2.24, 2.45) is 0 Å². The fourth-order valence-corrected chi connectivity index (χ4v) is 12.1. The summed E-state index contributed by atoms with van der Waals surface area (Å²) in [6.07, 6.45) is -4.68. The average Bonchev–Trinajstić information content (AvgIpc) is 4.36. The predicted molar refractivity (Wildman–Crippen MR) is 291 cm³/mol. The number of aromatic nitrogens is 2. The van der Waals surface area contributed by atoms with Crippen molar-refractivity contribution in [2.45, 2.75) is 111 Å². The van der Waals surface area contributed by atoms with Crippen molar-refractivity contribution >= 4 is 5.97 Å². The number of carboxylic acids is 1. The second-order valence-electron chi connectivity index (χ2n) is 20.1. The third-order valence-electron chi connectivity index (χ3n) is 15.6. The van der Waals surface area contributed by atoms with E-state index < -0.39 is 65.1 Å². The zero-order chi connectivity index (χ0) is 54.6. The molecule has 2 fully saturated rings. The van der Waals surface area contributed by atoms with Crippen molar-refractivity contribution in [3.63, 3.8) is 0 Å². The Bertz CT molecular complexity index is 2820. The summed E-state index contributed by atoms with van der Waals surface area (Å²) in [7, 11) is 6.15. The molecular weight excluding hydrogens is 985 g/mol. The number of carboxylic acid groups (broad SMARTS) is 1. The highest BCUT2D eigenvalue weighted by molar-refractivity contribution is 5.85. The monoisotopic (exact) mass is 1050 g/mol. The number of imidazole rings is 1. The van der Waals surface area contributed by atoms with Crippen LogP contribution < -0.4 is 0 Å². The van der Waals surface area contributed by atoms with E-state index in [0.717, 1.165) is 33.4 Å². The van der Waals surface area contributed by atoms with E-state index in [1.807, 2.05) is 182 Å². The molecule has 2 aliphatic heterocycles. The summed E-state index contributed by atoms with van der Waals surface area (Å²) in [5, 5.41) is 33.2. The van der Waals surface area contributed by atoms with Gasteiger partial charge in [0, 0.05) is 60.3 Å². The number of hydrogen-bond acceptors (Lipinski definition) is 12. The van der Waals surface area contributed by atoms with Gasteiger partial charge in [-0.3, -0.25) is 0 Å². The van der Waals surface area contributed by atoms with Crippen LogP contribution in [0, 0.1) is 22.7 Å². The van der Waals surface area contributed by atoms with Crippen LogP contribution >= 0.6 is 0 Å². The molecule has 78 heavy (non-hydrogen) atoms. The van der Waals surface area contributed by atoms with Crippen molar-refractivity contribution in [3.8, 4) is 12.1 Å². The zero-order valence-corrected chi connectivity index (χ0v) is 44.4. The lowest BCUT2D eigenvalue weighted by atomic mass is 9.69. The topological polar surface area (TPSA) is 177 Å². The Kier molecular flexibility index (Phi) is 17.7. The minimum Gasteiger partial charge on any atom is -0.476 e. The third kappa shape index (κ3) is 11.0. The van der Waals surface area contributed by atoms with Crippen LogP contribution in [0.4, 0.5) is 0 Å². The molecule has 0 saturated carbocycles.